The SMILES string of the molecule is O=Cc1cc(C(=O)c2ccncc2)c[nH]1. The Hall–Kier alpha value is -2.23. The lowest BCUT2D eigenvalue weighted by Gasteiger charge is -1.95. The summed E-state index contributed by atoms with van der Waals surface area (Å²) in [6.45, 7) is 0. The lowest BCUT2D eigenvalue weighted by molar-refractivity contribution is 0.103. The maximum atomic E-state index is 11.8. The number of carbonyl (C=O) groups excluding carboxylic acids is 2. The highest BCUT2D eigenvalue weighted by atomic mass is 16.1. The number of rotatable bonds is 3. The Labute approximate surface area is 86.0 Å². The lowest BCUT2D eigenvalue weighted by atomic mass is 10.1. The summed E-state index contributed by atoms with van der Waals surface area (Å²) in [6.07, 6.45) is 5.30. The highest BCUT2D eigenvalue weighted by Crippen LogP contribution is 2.09. The molecule has 0 aliphatic rings. The average molecular weight is 200 g/mol. The quantitative estimate of drug-likeness (QED) is 0.602. The molecule has 2 rings (SSSR count). The van der Waals surface area contributed by atoms with Gasteiger partial charge in [-0.05, 0) is 18.2 Å². The Morgan fingerprint density at radius 1 is 1.27 bits per heavy atom. The van der Waals surface area contributed by atoms with E-state index in [1.54, 1.807) is 24.5 Å². The smallest absolute Gasteiger partial charge is 0.194 e. The molecule has 0 bridgehead atoms. The molecular weight excluding hydrogens is 192 g/mol. The van der Waals surface area contributed by atoms with Crippen molar-refractivity contribution in [3.8, 4) is 0 Å². The third-order valence-electron chi connectivity index (χ3n) is 2.04. The van der Waals surface area contributed by atoms with Crippen molar-refractivity contribution in [2.24, 2.45) is 0 Å². The van der Waals surface area contributed by atoms with E-state index in [4.69, 9.17) is 0 Å². The van der Waals surface area contributed by atoms with Crippen molar-refractivity contribution >= 4 is 12.1 Å². The van der Waals surface area contributed by atoms with Gasteiger partial charge in [0.05, 0.1) is 5.69 Å². The molecule has 4 heteroatoms. The molecule has 0 saturated heterocycles. The molecular formula is C11H8N2O2. The summed E-state index contributed by atoms with van der Waals surface area (Å²) in [4.78, 5) is 28.8. The van der Waals surface area contributed by atoms with E-state index in [0.717, 1.165) is 0 Å². The van der Waals surface area contributed by atoms with E-state index in [1.165, 1.54) is 12.3 Å². The molecule has 2 aromatic heterocycles. The van der Waals surface area contributed by atoms with Crippen LogP contribution in [0.5, 0.6) is 0 Å². The van der Waals surface area contributed by atoms with Gasteiger partial charge in [-0.25, -0.2) is 0 Å². The standard InChI is InChI=1S/C11H8N2O2/c14-7-10-5-9(6-13-10)11(15)8-1-3-12-4-2-8/h1-7,13H. The lowest BCUT2D eigenvalue weighted by Crippen LogP contribution is -1.99. The van der Waals surface area contributed by atoms with E-state index in [2.05, 4.69) is 9.97 Å². The van der Waals surface area contributed by atoms with E-state index in [9.17, 15) is 9.59 Å². The predicted octanol–water partition coefficient (Wildman–Crippen LogP) is 1.45. The molecule has 0 saturated carbocycles. The summed E-state index contributed by atoms with van der Waals surface area (Å²) < 4.78 is 0. The highest BCUT2D eigenvalue weighted by Gasteiger charge is 2.10. The second-order valence-electron chi connectivity index (χ2n) is 3.03. The summed E-state index contributed by atoms with van der Waals surface area (Å²) in [6, 6.07) is 4.79. The molecule has 4 nitrogen and oxygen atoms in total. The van der Waals surface area contributed by atoms with Crippen molar-refractivity contribution < 1.29 is 9.59 Å². The predicted molar refractivity (Wildman–Crippen MR) is 53.8 cm³/mol. The summed E-state index contributed by atoms with van der Waals surface area (Å²) >= 11 is 0. The van der Waals surface area contributed by atoms with Crippen LogP contribution in [0, 0.1) is 0 Å². The normalized spacial score (nSPS) is 9.87. The van der Waals surface area contributed by atoms with Crippen molar-refractivity contribution in [2.75, 3.05) is 0 Å². The van der Waals surface area contributed by atoms with Crippen molar-refractivity contribution in [3.05, 3.63) is 53.6 Å². The molecule has 0 aromatic carbocycles. The van der Waals surface area contributed by atoms with Gasteiger partial charge in [0.15, 0.2) is 12.1 Å². The number of aromatic nitrogens is 2. The molecule has 0 unspecified atom stereocenters. The van der Waals surface area contributed by atoms with E-state index < -0.39 is 0 Å². The molecule has 0 atom stereocenters. The second kappa shape index (κ2) is 3.88. The second-order valence-corrected chi connectivity index (χ2v) is 3.03. The van der Waals surface area contributed by atoms with E-state index in [1.807, 2.05) is 0 Å². The molecule has 15 heavy (non-hydrogen) atoms. The van der Waals surface area contributed by atoms with Gasteiger partial charge in [-0.1, -0.05) is 0 Å². The number of H-pyrrole nitrogens is 1. The Bertz CT molecular complexity index is 488. The van der Waals surface area contributed by atoms with E-state index in [-0.39, 0.29) is 5.78 Å². The zero-order chi connectivity index (χ0) is 10.7. The van der Waals surface area contributed by atoms with Crippen molar-refractivity contribution in [2.45, 2.75) is 0 Å². The first-order chi connectivity index (χ1) is 7.31. The van der Waals surface area contributed by atoms with Crippen LogP contribution in [0.15, 0.2) is 36.8 Å². The van der Waals surface area contributed by atoms with Crippen LogP contribution >= 0.6 is 0 Å². The molecule has 0 fully saturated rings. The van der Waals surface area contributed by atoms with Crippen LogP contribution in [-0.4, -0.2) is 22.0 Å². The highest BCUT2D eigenvalue weighted by molar-refractivity contribution is 6.09. The Balaban J connectivity index is 2.32. The molecule has 2 aromatic rings. The van der Waals surface area contributed by atoms with Crippen LogP contribution in [0.4, 0.5) is 0 Å². The molecule has 0 aliphatic heterocycles. The van der Waals surface area contributed by atoms with Gasteiger partial charge in [-0.2, -0.15) is 0 Å². The summed E-state index contributed by atoms with van der Waals surface area (Å²) in [5.74, 6) is -0.123. The maximum Gasteiger partial charge on any atom is 0.194 e. The maximum absolute atomic E-state index is 11.8. The van der Waals surface area contributed by atoms with Gasteiger partial charge in [0, 0.05) is 29.7 Å². The Morgan fingerprint density at radius 3 is 2.60 bits per heavy atom. The monoisotopic (exact) mass is 200 g/mol. The van der Waals surface area contributed by atoms with Crippen LogP contribution in [-0.2, 0) is 0 Å². The van der Waals surface area contributed by atoms with E-state index in [0.29, 0.717) is 23.1 Å². The van der Waals surface area contributed by atoms with Gasteiger partial charge in [-0.3, -0.25) is 14.6 Å². The summed E-state index contributed by atoms with van der Waals surface area (Å²) in [5, 5.41) is 0. The number of carbonyl (C=O) groups is 2. The summed E-state index contributed by atoms with van der Waals surface area (Å²) in [5.41, 5.74) is 1.43. The minimum Gasteiger partial charge on any atom is -0.358 e. The summed E-state index contributed by atoms with van der Waals surface area (Å²) in [7, 11) is 0. The minimum atomic E-state index is -0.123. The first-order valence-corrected chi connectivity index (χ1v) is 4.39. The fraction of sp³-hybridized carbons (Fsp3) is 0. The number of nitrogens with zero attached hydrogens (tertiary/aromatic N) is 1. The molecule has 0 spiro atoms. The Kier molecular flexibility index (Phi) is 2.41. The average Bonchev–Trinajstić information content (AvgIpc) is 2.78. The first-order valence-electron chi connectivity index (χ1n) is 4.39. The molecule has 0 aliphatic carbocycles. The number of ketones is 1. The largest absolute Gasteiger partial charge is 0.358 e. The van der Waals surface area contributed by atoms with Gasteiger partial charge in [0.25, 0.3) is 0 Å². The van der Waals surface area contributed by atoms with Crippen LogP contribution in [0.3, 0.4) is 0 Å². The van der Waals surface area contributed by atoms with Crippen LogP contribution in [0.2, 0.25) is 0 Å². The number of aldehydes is 1. The van der Waals surface area contributed by atoms with E-state index >= 15 is 0 Å². The number of hydrogen-bond donors (Lipinski definition) is 1. The number of hydrogen-bond acceptors (Lipinski definition) is 3. The third-order valence-corrected chi connectivity index (χ3v) is 2.04. The molecule has 0 radical (unpaired) electrons. The van der Waals surface area contributed by atoms with Gasteiger partial charge >= 0.3 is 0 Å². The molecule has 1 N–H and O–H groups in total. The van der Waals surface area contributed by atoms with Crippen molar-refractivity contribution in [3.63, 3.8) is 0 Å². The third kappa shape index (κ3) is 1.83. The molecule has 0 amide bonds. The van der Waals surface area contributed by atoms with Crippen molar-refractivity contribution in [1.29, 1.82) is 0 Å². The van der Waals surface area contributed by atoms with Gasteiger partial charge in [0.1, 0.15) is 0 Å². The number of nitrogens with one attached hydrogen (secondary N) is 1. The van der Waals surface area contributed by atoms with Gasteiger partial charge in [0.2, 0.25) is 0 Å². The van der Waals surface area contributed by atoms with Crippen LogP contribution in [0.1, 0.15) is 26.4 Å². The fourth-order valence-corrected chi connectivity index (χ4v) is 1.28. The zero-order valence-corrected chi connectivity index (χ0v) is 7.81. The van der Waals surface area contributed by atoms with Crippen LogP contribution in [0.25, 0.3) is 0 Å². The first kappa shape index (κ1) is 9.33. The zero-order valence-electron chi connectivity index (χ0n) is 7.81. The van der Waals surface area contributed by atoms with Crippen LogP contribution < -0.4 is 0 Å². The molecule has 74 valence electrons. The number of pyridine rings is 1. The van der Waals surface area contributed by atoms with Crippen molar-refractivity contribution in [1.82, 2.24) is 9.97 Å². The topological polar surface area (TPSA) is 62.8 Å². The molecule has 2 heterocycles. The van der Waals surface area contributed by atoms with Gasteiger partial charge in [-0.15, -0.1) is 0 Å². The fourth-order valence-electron chi connectivity index (χ4n) is 1.28. The number of aromatic amines is 1. The minimum absolute atomic E-state index is 0.123. The Morgan fingerprint density at radius 2 is 2.00 bits per heavy atom. The van der Waals surface area contributed by atoms with Gasteiger partial charge < -0.3 is 4.98 Å².